The maximum atomic E-state index is 12.0. The number of nitrogens with one attached hydrogen (secondary N) is 1. The Morgan fingerprint density at radius 1 is 1.15 bits per heavy atom. The van der Waals surface area contributed by atoms with Crippen molar-refractivity contribution >= 4 is 35.3 Å². The molecule has 1 aromatic heterocycles. The molecule has 0 bridgehead atoms. The Balaban J connectivity index is 1.53. The Morgan fingerprint density at radius 3 is 2.65 bits per heavy atom. The molecule has 0 aliphatic carbocycles. The van der Waals surface area contributed by atoms with E-state index in [1.54, 1.807) is 11.8 Å². The van der Waals surface area contributed by atoms with Crippen LogP contribution in [0.1, 0.15) is 17.5 Å². The highest BCUT2D eigenvalue weighted by atomic mass is 35.5. The fraction of sp³-hybridized carbons (Fsp3) is 0.211. The number of hydrogen-bond acceptors (Lipinski definition) is 5. The van der Waals surface area contributed by atoms with Crippen LogP contribution < -0.4 is 5.32 Å². The van der Waals surface area contributed by atoms with E-state index < -0.39 is 0 Å². The quantitative estimate of drug-likeness (QED) is 0.594. The van der Waals surface area contributed by atoms with Crippen LogP contribution in [0.15, 0.2) is 51.8 Å². The number of rotatable bonds is 6. The van der Waals surface area contributed by atoms with Crippen molar-refractivity contribution in [3.63, 3.8) is 0 Å². The third kappa shape index (κ3) is 4.86. The van der Waals surface area contributed by atoms with Gasteiger partial charge in [0.2, 0.25) is 11.8 Å². The van der Waals surface area contributed by atoms with Crippen molar-refractivity contribution in [2.24, 2.45) is 0 Å². The van der Waals surface area contributed by atoms with Crippen LogP contribution in [-0.4, -0.2) is 21.9 Å². The lowest BCUT2D eigenvalue weighted by atomic mass is 10.1. The first kappa shape index (κ1) is 18.5. The summed E-state index contributed by atoms with van der Waals surface area (Å²) in [5.41, 5.74) is 3.07. The molecule has 1 amide bonds. The summed E-state index contributed by atoms with van der Waals surface area (Å²) in [7, 11) is 0. The fourth-order valence-corrected chi connectivity index (χ4v) is 3.39. The highest BCUT2D eigenvalue weighted by Crippen LogP contribution is 2.25. The van der Waals surface area contributed by atoms with Crippen molar-refractivity contribution in [2.45, 2.75) is 25.2 Å². The Bertz CT molecular complexity index is 909. The summed E-state index contributed by atoms with van der Waals surface area (Å²) in [5, 5.41) is 11.3. The van der Waals surface area contributed by atoms with Crippen molar-refractivity contribution in [3.05, 3.63) is 58.6 Å². The Kier molecular flexibility index (Phi) is 5.96. The third-order valence-electron chi connectivity index (χ3n) is 3.70. The maximum absolute atomic E-state index is 12.0. The van der Waals surface area contributed by atoms with Crippen LogP contribution in [0.2, 0.25) is 5.02 Å². The van der Waals surface area contributed by atoms with E-state index in [-0.39, 0.29) is 11.9 Å². The van der Waals surface area contributed by atoms with Gasteiger partial charge in [-0.3, -0.25) is 10.1 Å². The zero-order valence-electron chi connectivity index (χ0n) is 14.5. The number of carbonyl (C=O) groups excluding carboxylic acids is 1. The molecule has 0 aliphatic heterocycles. The van der Waals surface area contributed by atoms with Crippen LogP contribution >= 0.6 is 23.4 Å². The minimum absolute atomic E-state index is 0.112. The van der Waals surface area contributed by atoms with Gasteiger partial charge in [0.05, 0.1) is 0 Å². The Labute approximate surface area is 161 Å². The van der Waals surface area contributed by atoms with Crippen LogP contribution in [0.25, 0.3) is 11.5 Å². The smallest absolute Gasteiger partial charge is 0.322 e. The standard InChI is InChI=1S/C19H18ClN3O2S/c1-12-3-8-16(13(2)11-12)18-22-23-19(25-18)21-17(24)9-10-26-15-6-4-14(20)5-7-15/h3-8,11H,9-10H2,1-2H3,(H,21,23,24). The first-order valence-corrected chi connectivity index (χ1v) is 9.47. The molecule has 26 heavy (non-hydrogen) atoms. The Morgan fingerprint density at radius 2 is 1.92 bits per heavy atom. The summed E-state index contributed by atoms with van der Waals surface area (Å²) in [6, 6.07) is 13.6. The molecule has 0 spiro atoms. The van der Waals surface area contributed by atoms with Crippen LogP contribution in [0.4, 0.5) is 6.01 Å². The van der Waals surface area contributed by atoms with E-state index >= 15 is 0 Å². The van der Waals surface area contributed by atoms with E-state index in [0.29, 0.717) is 23.1 Å². The summed E-state index contributed by atoms with van der Waals surface area (Å²) in [6.07, 6.45) is 0.342. The zero-order chi connectivity index (χ0) is 18.5. The second kappa shape index (κ2) is 8.38. The monoisotopic (exact) mass is 387 g/mol. The lowest BCUT2D eigenvalue weighted by Crippen LogP contribution is -2.12. The van der Waals surface area contributed by atoms with Gasteiger partial charge in [-0.05, 0) is 49.7 Å². The van der Waals surface area contributed by atoms with Gasteiger partial charge in [0, 0.05) is 27.7 Å². The molecule has 3 aromatic rings. The van der Waals surface area contributed by atoms with E-state index in [1.165, 1.54) is 0 Å². The molecular formula is C19H18ClN3O2S. The molecule has 0 unspecified atom stereocenters. The number of amides is 1. The van der Waals surface area contributed by atoms with Crippen molar-refractivity contribution in [1.29, 1.82) is 0 Å². The highest BCUT2D eigenvalue weighted by Gasteiger charge is 2.13. The maximum Gasteiger partial charge on any atom is 0.322 e. The number of aromatic nitrogens is 2. The molecule has 0 saturated heterocycles. The van der Waals surface area contributed by atoms with Gasteiger partial charge in [0.15, 0.2) is 0 Å². The molecule has 0 radical (unpaired) electrons. The number of aryl methyl sites for hydroxylation is 2. The topological polar surface area (TPSA) is 68.0 Å². The number of nitrogens with zero attached hydrogens (tertiary/aromatic N) is 2. The molecule has 0 saturated carbocycles. The molecule has 1 N–H and O–H groups in total. The lowest BCUT2D eigenvalue weighted by molar-refractivity contribution is -0.115. The van der Waals surface area contributed by atoms with Gasteiger partial charge in [0.25, 0.3) is 0 Å². The van der Waals surface area contributed by atoms with E-state index in [1.807, 2.05) is 56.3 Å². The lowest BCUT2D eigenvalue weighted by Gasteiger charge is -2.03. The molecule has 0 aliphatic rings. The predicted octanol–water partition coefficient (Wildman–Crippen LogP) is 5.13. The van der Waals surface area contributed by atoms with Crippen LogP contribution in [0.3, 0.4) is 0 Å². The number of carbonyl (C=O) groups is 1. The summed E-state index contributed by atoms with van der Waals surface area (Å²) in [5.74, 6) is 0.876. The largest absolute Gasteiger partial charge is 0.403 e. The van der Waals surface area contributed by atoms with E-state index in [2.05, 4.69) is 15.5 Å². The van der Waals surface area contributed by atoms with E-state index in [9.17, 15) is 4.79 Å². The van der Waals surface area contributed by atoms with Gasteiger partial charge in [-0.1, -0.05) is 34.4 Å². The molecular weight excluding hydrogens is 370 g/mol. The van der Waals surface area contributed by atoms with Crippen molar-refractivity contribution in [1.82, 2.24) is 10.2 Å². The first-order chi connectivity index (χ1) is 12.5. The van der Waals surface area contributed by atoms with E-state index in [4.69, 9.17) is 16.0 Å². The van der Waals surface area contributed by atoms with Gasteiger partial charge in [-0.2, -0.15) is 0 Å². The second-order valence-electron chi connectivity index (χ2n) is 5.83. The average molecular weight is 388 g/mol. The summed E-state index contributed by atoms with van der Waals surface area (Å²) >= 11 is 7.44. The van der Waals surface area contributed by atoms with Crippen LogP contribution in [-0.2, 0) is 4.79 Å². The number of thioether (sulfide) groups is 1. The molecule has 5 nitrogen and oxygen atoms in total. The summed E-state index contributed by atoms with van der Waals surface area (Å²) < 4.78 is 5.56. The average Bonchev–Trinajstić information content (AvgIpc) is 3.04. The molecule has 0 atom stereocenters. The molecule has 1 heterocycles. The minimum atomic E-state index is -0.165. The van der Waals surface area contributed by atoms with Crippen molar-refractivity contribution < 1.29 is 9.21 Å². The number of benzene rings is 2. The molecule has 134 valence electrons. The highest BCUT2D eigenvalue weighted by molar-refractivity contribution is 7.99. The van der Waals surface area contributed by atoms with Crippen LogP contribution in [0.5, 0.6) is 0 Å². The van der Waals surface area contributed by atoms with Gasteiger partial charge in [0.1, 0.15) is 0 Å². The fourth-order valence-electron chi connectivity index (χ4n) is 2.41. The molecule has 0 fully saturated rings. The van der Waals surface area contributed by atoms with Crippen molar-refractivity contribution in [2.75, 3.05) is 11.1 Å². The van der Waals surface area contributed by atoms with E-state index in [0.717, 1.165) is 21.6 Å². The normalized spacial score (nSPS) is 10.7. The molecule has 3 rings (SSSR count). The molecule has 7 heteroatoms. The van der Waals surface area contributed by atoms with Crippen LogP contribution in [0, 0.1) is 13.8 Å². The summed E-state index contributed by atoms with van der Waals surface area (Å²) in [6.45, 7) is 4.01. The van der Waals surface area contributed by atoms with Crippen molar-refractivity contribution in [3.8, 4) is 11.5 Å². The van der Waals surface area contributed by atoms with Gasteiger partial charge >= 0.3 is 6.01 Å². The first-order valence-electron chi connectivity index (χ1n) is 8.10. The number of halogens is 1. The molecule has 2 aromatic carbocycles. The SMILES string of the molecule is Cc1ccc(-c2nnc(NC(=O)CCSc3ccc(Cl)cc3)o2)c(C)c1. The number of hydrogen-bond donors (Lipinski definition) is 1. The van der Waals surface area contributed by atoms with Gasteiger partial charge in [-0.15, -0.1) is 16.9 Å². The Hall–Kier alpha value is -2.31. The van der Waals surface area contributed by atoms with Gasteiger partial charge < -0.3 is 4.42 Å². The number of anilines is 1. The zero-order valence-corrected chi connectivity index (χ0v) is 16.0. The second-order valence-corrected chi connectivity index (χ2v) is 7.44. The minimum Gasteiger partial charge on any atom is -0.403 e. The van der Waals surface area contributed by atoms with Gasteiger partial charge in [-0.25, -0.2) is 0 Å². The predicted molar refractivity (Wildman–Crippen MR) is 105 cm³/mol. The third-order valence-corrected chi connectivity index (χ3v) is 4.96. The summed E-state index contributed by atoms with van der Waals surface area (Å²) in [4.78, 5) is 13.1.